The summed E-state index contributed by atoms with van der Waals surface area (Å²) >= 11 is 11.7. The standard InChI is InChI=1S/C15H24Cl2N2O2/c1-11(6-7-19(2)3)18-9-12(20)10-21-13-4-5-14(16)15(17)8-13/h4-5,8,11-12,18,20H,6-7,9-10H2,1-3H3. The van der Waals surface area contributed by atoms with Crippen molar-refractivity contribution in [3.05, 3.63) is 28.2 Å². The zero-order valence-electron chi connectivity index (χ0n) is 12.8. The molecule has 0 bridgehead atoms. The molecule has 21 heavy (non-hydrogen) atoms. The van der Waals surface area contributed by atoms with Gasteiger partial charge in [-0.2, -0.15) is 0 Å². The van der Waals surface area contributed by atoms with Crippen LogP contribution in [-0.2, 0) is 0 Å². The van der Waals surface area contributed by atoms with Crippen LogP contribution in [0.4, 0.5) is 0 Å². The van der Waals surface area contributed by atoms with Gasteiger partial charge in [0.1, 0.15) is 18.5 Å². The molecule has 2 N–H and O–H groups in total. The van der Waals surface area contributed by atoms with Gasteiger partial charge >= 0.3 is 0 Å². The van der Waals surface area contributed by atoms with Gasteiger partial charge in [0.25, 0.3) is 0 Å². The Labute approximate surface area is 137 Å². The highest BCUT2D eigenvalue weighted by Gasteiger charge is 2.09. The fourth-order valence-electron chi connectivity index (χ4n) is 1.71. The minimum Gasteiger partial charge on any atom is -0.491 e. The number of halogens is 2. The molecule has 120 valence electrons. The third kappa shape index (κ3) is 7.88. The Kier molecular flexibility index (Phi) is 8.37. The first kappa shape index (κ1) is 18.5. The Morgan fingerprint density at radius 3 is 2.62 bits per heavy atom. The summed E-state index contributed by atoms with van der Waals surface area (Å²) in [6, 6.07) is 5.40. The van der Waals surface area contributed by atoms with Crippen LogP contribution in [0.3, 0.4) is 0 Å². The maximum atomic E-state index is 9.90. The van der Waals surface area contributed by atoms with Crippen LogP contribution >= 0.6 is 23.2 Å². The third-order valence-corrected chi connectivity index (χ3v) is 3.78. The smallest absolute Gasteiger partial charge is 0.121 e. The van der Waals surface area contributed by atoms with Crippen LogP contribution in [0.15, 0.2) is 18.2 Å². The van der Waals surface area contributed by atoms with Crippen molar-refractivity contribution >= 4 is 23.2 Å². The summed E-state index contributed by atoms with van der Waals surface area (Å²) < 4.78 is 5.49. The largest absolute Gasteiger partial charge is 0.491 e. The van der Waals surface area contributed by atoms with Crippen LogP contribution in [-0.4, -0.2) is 55.9 Å². The van der Waals surface area contributed by atoms with Crippen molar-refractivity contribution in [1.29, 1.82) is 0 Å². The second-order valence-electron chi connectivity index (χ2n) is 5.44. The van der Waals surface area contributed by atoms with Crippen LogP contribution in [0.25, 0.3) is 0 Å². The molecule has 0 fully saturated rings. The van der Waals surface area contributed by atoms with Gasteiger partial charge in [0, 0.05) is 18.7 Å². The molecule has 1 aromatic carbocycles. The maximum absolute atomic E-state index is 9.90. The van der Waals surface area contributed by atoms with E-state index in [1.807, 2.05) is 14.1 Å². The predicted octanol–water partition coefficient (Wildman–Crippen LogP) is 2.66. The number of ether oxygens (including phenoxy) is 1. The first-order valence-electron chi connectivity index (χ1n) is 7.02. The molecule has 0 spiro atoms. The van der Waals surface area contributed by atoms with E-state index in [9.17, 15) is 5.11 Å². The lowest BCUT2D eigenvalue weighted by Crippen LogP contribution is -2.37. The quantitative estimate of drug-likeness (QED) is 0.728. The topological polar surface area (TPSA) is 44.7 Å². The summed E-state index contributed by atoms with van der Waals surface area (Å²) in [6.45, 7) is 3.83. The van der Waals surface area contributed by atoms with Crippen molar-refractivity contribution in [3.63, 3.8) is 0 Å². The van der Waals surface area contributed by atoms with Crippen molar-refractivity contribution in [3.8, 4) is 5.75 Å². The van der Waals surface area contributed by atoms with Crippen LogP contribution < -0.4 is 10.1 Å². The minimum atomic E-state index is -0.568. The summed E-state index contributed by atoms with van der Waals surface area (Å²) in [7, 11) is 4.10. The number of benzene rings is 1. The highest BCUT2D eigenvalue weighted by Crippen LogP contribution is 2.26. The molecule has 6 heteroatoms. The third-order valence-electron chi connectivity index (χ3n) is 3.04. The van der Waals surface area contributed by atoms with E-state index in [1.54, 1.807) is 18.2 Å². The summed E-state index contributed by atoms with van der Waals surface area (Å²) in [5, 5.41) is 14.1. The maximum Gasteiger partial charge on any atom is 0.121 e. The fraction of sp³-hybridized carbons (Fsp3) is 0.600. The van der Waals surface area contributed by atoms with Crippen LogP contribution in [0.5, 0.6) is 5.75 Å². The zero-order valence-corrected chi connectivity index (χ0v) is 14.3. The molecule has 0 amide bonds. The molecular weight excluding hydrogens is 311 g/mol. The molecule has 2 atom stereocenters. The van der Waals surface area contributed by atoms with Crippen molar-refractivity contribution in [2.75, 3.05) is 33.8 Å². The normalized spacial score (nSPS) is 14.2. The van der Waals surface area contributed by atoms with Gasteiger partial charge in [-0.15, -0.1) is 0 Å². The van der Waals surface area contributed by atoms with Crippen LogP contribution in [0.1, 0.15) is 13.3 Å². The summed E-state index contributed by atoms with van der Waals surface area (Å²) in [6.07, 6.45) is 0.467. The van der Waals surface area contributed by atoms with Gasteiger partial charge in [-0.05, 0) is 46.1 Å². The Balaban J connectivity index is 2.24. The van der Waals surface area contributed by atoms with Gasteiger partial charge in [-0.3, -0.25) is 0 Å². The summed E-state index contributed by atoms with van der Waals surface area (Å²) in [4.78, 5) is 2.14. The minimum absolute atomic E-state index is 0.214. The molecule has 0 aliphatic rings. The molecule has 0 aromatic heterocycles. The molecule has 1 rings (SSSR count). The van der Waals surface area contributed by atoms with Gasteiger partial charge in [0.15, 0.2) is 0 Å². The molecular formula is C15H24Cl2N2O2. The second kappa shape index (κ2) is 9.49. The molecule has 0 aliphatic heterocycles. The molecule has 0 heterocycles. The number of nitrogens with one attached hydrogen (secondary N) is 1. The molecule has 0 radical (unpaired) electrons. The Bertz CT molecular complexity index is 430. The molecule has 0 saturated heterocycles. The Morgan fingerprint density at radius 2 is 2.00 bits per heavy atom. The Hall–Kier alpha value is -0.520. The van der Waals surface area contributed by atoms with Crippen molar-refractivity contribution in [1.82, 2.24) is 10.2 Å². The van der Waals surface area contributed by atoms with E-state index in [2.05, 4.69) is 17.1 Å². The van der Waals surface area contributed by atoms with E-state index in [-0.39, 0.29) is 6.61 Å². The monoisotopic (exact) mass is 334 g/mol. The fourth-order valence-corrected chi connectivity index (χ4v) is 2.00. The second-order valence-corrected chi connectivity index (χ2v) is 6.26. The summed E-state index contributed by atoms with van der Waals surface area (Å²) in [5.74, 6) is 0.601. The zero-order chi connectivity index (χ0) is 15.8. The lowest BCUT2D eigenvalue weighted by molar-refractivity contribution is 0.103. The Morgan fingerprint density at radius 1 is 1.29 bits per heavy atom. The average molecular weight is 335 g/mol. The number of nitrogens with zero attached hydrogens (tertiary/aromatic N) is 1. The van der Waals surface area contributed by atoms with E-state index in [4.69, 9.17) is 27.9 Å². The van der Waals surface area contributed by atoms with E-state index in [1.165, 1.54) is 0 Å². The van der Waals surface area contributed by atoms with Crippen molar-refractivity contribution in [2.45, 2.75) is 25.5 Å². The highest BCUT2D eigenvalue weighted by atomic mass is 35.5. The molecule has 1 aromatic rings. The van der Waals surface area contributed by atoms with Gasteiger partial charge in [-0.25, -0.2) is 0 Å². The molecule has 0 aliphatic carbocycles. The predicted molar refractivity (Wildman–Crippen MR) is 88.6 cm³/mol. The molecule has 2 unspecified atom stereocenters. The van der Waals surface area contributed by atoms with Gasteiger partial charge < -0.3 is 20.1 Å². The molecule has 4 nitrogen and oxygen atoms in total. The molecule has 0 saturated carbocycles. The van der Waals surface area contributed by atoms with Crippen molar-refractivity contribution < 1.29 is 9.84 Å². The number of hydrogen-bond acceptors (Lipinski definition) is 4. The average Bonchev–Trinajstić information content (AvgIpc) is 2.44. The lowest BCUT2D eigenvalue weighted by Gasteiger charge is -2.19. The summed E-state index contributed by atoms with van der Waals surface area (Å²) in [5.41, 5.74) is 0. The first-order valence-corrected chi connectivity index (χ1v) is 7.78. The number of aliphatic hydroxyl groups excluding tert-OH is 1. The van der Waals surface area contributed by atoms with E-state index >= 15 is 0 Å². The number of hydrogen-bond donors (Lipinski definition) is 2. The SMILES string of the molecule is CC(CCN(C)C)NCC(O)COc1ccc(Cl)c(Cl)c1. The van der Waals surface area contributed by atoms with Crippen LogP contribution in [0.2, 0.25) is 10.0 Å². The number of rotatable bonds is 9. The van der Waals surface area contributed by atoms with Gasteiger partial charge in [0.2, 0.25) is 0 Å². The van der Waals surface area contributed by atoms with Gasteiger partial charge in [0.05, 0.1) is 10.0 Å². The van der Waals surface area contributed by atoms with E-state index < -0.39 is 6.10 Å². The lowest BCUT2D eigenvalue weighted by atomic mass is 10.2. The first-order chi connectivity index (χ1) is 9.88. The van der Waals surface area contributed by atoms with Crippen molar-refractivity contribution in [2.24, 2.45) is 0 Å². The van der Waals surface area contributed by atoms with Crippen LogP contribution in [0, 0.1) is 0 Å². The van der Waals surface area contributed by atoms with E-state index in [0.29, 0.717) is 28.4 Å². The van der Waals surface area contributed by atoms with Gasteiger partial charge in [-0.1, -0.05) is 23.2 Å². The van der Waals surface area contributed by atoms with E-state index in [0.717, 1.165) is 13.0 Å². The number of aliphatic hydroxyl groups is 1. The highest BCUT2D eigenvalue weighted by molar-refractivity contribution is 6.42.